The molecule has 1 saturated carbocycles. The lowest BCUT2D eigenvalue weighted by molar-refractivity contribution is 0.216. The van der Waals surface area contributed by atoms with Gasteiger partial charge in [-0.3, -0.25) is 0 Å². The van der Waals surface area contributed by atoms with Gasteiger partial charge in [0.1, 0.15) is 5.75 Å². The fourth-order valence-corrected chi connectivity index (χ4v) is 3.29. The zero-order valence-electron chi connectivity index (χ0n) is 14.2. The highest BCUT2D eigenvalue weighted by atomic mass is 16.5. The first-order valence-electron chi connectivity index (χ1n) is 8.48. The molecule has 2 rings (SSSR count). The van der Waals surface area contributed by atoms with Gasteiger partial charge in [-0.15, -0.1) is 0 Å². The van der Waals surface area contributed by atoms with Gasteiger partial charge in [-0.1, -0.05) is 32.4 Å². The van der Waals surface area contributed by atoms with Crippen LogP contribution < -0.4 is 10.1 Å². The first-order chi connectivity index (χ1) is 9.95. The topological polar surface area (TPSA) is 21.3 Å². The fraction of sp³-hybridized carbons (Fsp3) is 0.684. The van der Waals surface area contributed by atoms with Crippen molar-refractivity contribution in [2.45, 2.75) is 72.1 Å². The number of benzene rings is 1. The summed E-state index contributed by atoms with van der Waals surface area (Å²) >= 11 is 0. The van der Waals surface area contributed by atoms with E-state index in [1.165, 1.54) is 24.8 Å². The van der Waals surface area contributed by atoms with E-state index in [2.05, 4.69) is 64.2 Å². The van der Waals surface area contributed by atoms with Gasteiger partial charge in [-0.25, -0.2) is 0 Å². The first-order valence-corrected chi connectivity index (χ1v) is 8.48. The molecule has 4 atom stereocenters. The standard InChI is InChI=1S/C19H31NO/c1-13(2)21-18-10-8-17(9-11-18)16(5)20-19-12-14(3)6-7-15(19)4/h8-11,13-16,19-20H,6-7,12H2,1-5H3. The van der Waals surface area contributed by atoms with Crippen molar-refractivity contribution in [3.63, 3.8) is 0 Å². The summed E-state index contributed by atoms with van der Waals surface area (Å²) in [4.78, 5) is 0. The minimum Gasteiger partial charge on any atom is -0.491 e. The van der Waals surface area contributed by atoms with Crippen molar-refractivity contribution in [1.29, 1.82) is 0 Å². The molecule has 0 aliphatic heterocycles. The molecule has 0 bridgehead atoms. The Balaban J connectivity index is 1.94. The van der Waals surface area contributed by atoms with E-state index < -0.39 is 0 Å². The maximum atomic E-state index is 5.71. The minimum atomic E-state index is 0.232. The Labute approximate surface area is 130 Å². The Hall–Kier alpha value is -1.02. The molecular weight excluding hydrogens is 258 g/mol. The number of nitrogens with one attached hydrogen (secondary N) is 1. The quantitative estimate of drug-likeness (QED) is 0.828. The zero-order chi connectivity index (χ0) is 15.4. The third-order valence-electron chi connectivity index (χ3n) is 4.67. The van der Waals surface area contributed by atoms with Crippen molar-refractivity contribution in [2.75, 3.05) is 0 Å². The lowest BCUT2D eigenvalue weighted by atomic mass is 9.79. The normalized spacial score (nSPS) is 27.6. The molecule has 1 aromatic rings. The van der Waals surface area contributed by atoms with Crippen molar-refractivity contribution < 1.29 is 4.74 Å². The summed E-state index contributed by atoms with van der Waals surface area (Å²) in [6, 6.07) is 9.59. The summed E-state index contributed by atoms with van der Waals surface area (Å²) in [6.45, 7) is 11.1. The number of ether oxygens (including phenoxy) is 1. The van der Waals surface area contributed by atoms with E-state index in [1.807, 2.05) is 0 Å². The number of hydrogen-bond acceptors (Lipinski definition) is 2. The zero-order valence-corrected chi connectivity index (χ0v) is 14.2. The van der Waals surface area contributed by atoms with Crippen molar-refractivity contribution in [2.24, 2.45) is 11.8 Å². The van der Waals surface area contributed by atoms with Gasteiger partial charge < -0.3 is 10.1 Å². The van der Waals surface area contributed by atoms with Crippen LogP contribution in [0.15, 0.2) is 24.3 Å². The van der Waals surface area contributed by atoms with Gasteiger partial charge in [-0.05, 0) is 63.1 Å². The van der Waals surface area contributed by atoms with Crippen molar-refractivity contribution in [3.8, 4) is 5.75 Å². The molecule has 4 unspecified atom stereocenters. The molecule has 118 valence electrons. The van der Waals surface area contributed by atoms with E-state index in [9.17, 15) is 0 Å². The van der Waals surface area contributed by atoms with Crippen LogP contribution in [0.5, 0.6) is 5.75 Å². The SMILES string of the molecule is CC1CCC(C)C(NC(C)c2ccc(OC(C)C)cc2)C1. The molecule has 0 heterocycles. The molecule has 2 nitrogen and oxygen atoms in total. The summed E-state index contributed by atoms with van der Waals surface area (Å²) in [5.41, 5.74) is 1.34. The third-order valence-corrected chi connectivity index (χ3v) is 4.67. The average Bonchev–Trinajstić information content (AvgIpc) is 2.43. The summed E-state index contributed by atoms with van der Waals surface area (Å²) in [6.07, 6.45) is 4.28. The summed E-state index contributed by atoms with van der Waals surface area (Å²) < 4.78 is 5.71. The Morgan fingerprint density at radius 1 is 1.05 bits per heavy atom. The second-order valence-electron chi connectivity index (χ2n) is 7.13. The molecule has 1 N–H and O–H groups in total. The Bertz CT molecular complexity index is 426. The van der Waals surface area contributed by atoms with E-state index in [0.717, 1.165) is 17.6 Å². The van der Waals surface area contributed by atoms with E-state index in [-0.39, 0.29) is 6.10 Å². The van der Waals surface area contributed by atoms with Crippen LogP contribution in [0.3, 0.4) is 0 Å². The van der Waals surface area contributed by atoms with Crippen LogP contribution in [0.2, 0.25) is 0 Å². The minimum absolute atomic E-state index is 0.232. The summed E-state index contributed by atoms with van der Waals surface area (Å²) in [5.74, 6) is 2.60. The predicted octanol–water partition coefficient (Wildman–Crippen LogP) is 4.95. The van der Waals surface area contributed by atoms with Gasteiger partial charge in [0.2, 0.25) is 0 Å². The van der Waals surface area contributed by atoms with E-state index >= 15 is 0 Å². The molecule has 1 fully saturated rings. The van der Waals surface area contributed by atoms with E-state index in [4.69, 9.17) is 4.74 Å². The molecule has 0 saturated heterocycles. The molecule has 1 aliphatic carbocycles. The van der Waals surface area contributed by atoms with Gasteiger partial charge >= 0.3 is 0 Å². The highest BCUT2D eigenvalue weighted by Gasteiger charge is 2.26. The molecule has 0 aromatic heterocycles. The number of hydrogen-bond donors (Lipinski definition) is 1. The molecule has 0 spiro atoms. The van der Waals surface area contributed by atoms with E-state index in [1.54, 1.807) is 0 Å². The fourth-order valence-electron chi connectivity index (χ4n) is 3.29. The maximum Gasteiger partial charge on any atom is 0.119 e. The van der Waals surface area contributed by atoms with Crippen molar-refractivity contribution in [3.05, 3.63) is 29.8 Å². The molecule has 0 amide bonds. The monoisotopic (exact) mass is 289 g/mol. The second kappa shape index (κ2) is 7.31. The largest absolute Gasteiger partial charge is 0.491 e. The van der Waals surface area contributed by atoms with Gasteiger partial charge in [0.15, 0.2) is 0 Å². The average molecular weight is 289 g/mol. The van der Waals surface area contributed by atoms with Gasteiger partial charge in [-0.2, -0.15) is 0 Å². The highest BCUT2D eigenvalue weighted by molar-refractivity contribution is 5.29. The van der Waals surface area contributed by atoms with Crippen LogP contribution in [-0.4, -0.2) is 12.1 Å². The van der Waals surface area contributed by atoms with Crippen LogP contribution in [0.4, 0.5) is 0 Å². The van der Waals surface area contributed by atoms with Crippen LogP contribution >= 0.6 is 0 Å². The molecule has 0 radical (unpaired) electrons. The van der Waals surface area contributed by atoms with Gasteiger partial charge in [0.05, 0.1) is 6.10 Å². The van der Waals surface area contributed by atoms with Crippen LogP contribution in [0.25, 0.3) is 0 Å². The van der Waals surface area contributed by atoms with Gasteiger partial charge in [0, 0.05) is 12.1 Å². The molecule has 1 aromatic carbocycles. The predicted molar refractivity (Wildman–Crippen MR) is 89.7 cm³/mol. The Kier molecular flexibility index (Phi) is 5.69. The first kappa shape index (κ1) is 16.4. The lowest BCUT2D eigenvalue weighted by Gasteiger charge is -2.35. The van der Waals surface area contributed by atoms with Crippen molar-refractivity contribution >= 4 is 0 Å². The highest BCUT2D eigenvalue weighted by Crippen LogP contribution is 2.30. The van der Waals surface area contributed by atoms with E-state index in [0.29, 0.717) is 12.1 Å². The second-order valence-corrected chi connectivity index (χ2v) is 7.13. The molecular formula is C19H31NO. The Morgan fingerprint density at radius 2 is 1.71 bits per heavy atom. The lowest BCUT2D eigenvalue weighted by Crippen LogP contribution is -2.40. The number of rotatable bonds is 5. The summed E-state index contributed by atoms with van der Waals surface area (Å²) in [7, 11) is 0. The molecule has 1 aliphatic rings. The third kappa shape index (κ3) is 4.74. The van der Waals surface area contributed by atoms with Crippen LogP contribution in [0, 0.1) is 11.8 Å². The summed E-state index contributed by atoms with van der Waals surface area (Å²) in [5, 5.41) is 3.83. The maximum absolute atomic E-state index is 5.71. The van der Waals surface area contributed by atoms with Crippen molar-refractivity contribution in [1.82, 2.24) is 5.32 Å². The van der Waals surface area contributed by atoms with Crippen LogP contribution in [0.1, 0.15) is 65.5 Å². The molecule has 21 heavy (non-hydrogen) atoms. The Morgan fingerprint density at radius 3 is 2.33 bits per heavy atom. The smallest absolute Gasteiger partial charge is 0.119 e. The van der Waals surface area contributed by atoms with Crippen LogP contribution in [-0.2, 0) is 0 Å². The molecule has 2 heteroatoms. The van der Waals surface area contributed by atoms with Gasteiger partial charge in [0.25, 0.3) is 0 Å².